The number of nitrogen functional groups attached to an aromatic ring is 1. The number of anilines is 1. The molecular formula is C14H11N5O2. The number of nitriles is 2. The highest BCUT2D eigenvalue weighted by Crippen LogP contribution is 2.24. The number of nitrogens with two attached hydrogens (primary N) is 1. The molecule has 0 aliphatic carbocycles. The molecule has 0 spiro atoms. The van der Waals surface area contributed by atoms with Gasteiger partial charge in [0.25, 0.3) is 0 Å². The number of nitrogens with zero attached hydrogens (tertiary/aromatic N) is 4. The standard InChI is InChI=1S/C14H11N5O2/c1-2-21-14(20)9-4-3-5-11(13(9)17)19-8-18-10(6-15)12(19)7-16/h3-5,8H,2,17H2,1H3. The van der Waals surface area contributed by atoms with Gasteiger partial charge in [-0.2, -0.15) is 10.5 Å². The van der Waals surface area contributed by atoms with Gasteiger partial charge >= 0.3 is 5.97 Å². The Bertz CT molecular complexity index is 780. The van der Waals surface area contributed by atoms with Crippen LogP contribution in [0.2, 0.25) is 0 Å². The van der Waals surface area contributed by atoms with E-state index in [0.717, 1.165) is 0 Å². The van der Waals surface area contributed by atoms with Gasteiger partial charge in [-0.15, -0.1) is 0 Å². The van der Waals surface area contributed by atoms with E-state index in [-0.39, 0.29) is 29.2 Å². The van der Waals surface area contributed by atoms with Crippen LogP contribution in [-0.2, 0) is 4.74 Å². The van der Waals surface area contributed by atoms with E-state index in [0.29, 0.717) is 5.69 Å². The number of benzene rings is 1. The van der Waals surface area contributed by atoms with Crippen molar-refractivity contribution in [3.63, 3.8) is 0 Å². The van der Waals surface area contributed by atoms with Crippen molar-refractivity contribution in [2.45, 2.75) is 6.92 Å². The van der Waals surface area contributed by atoms with Crippen molar-refractivity contribution >= 4 is 11.7 Å². The lowest BCUT2D eigenvalue weighted by Gasteiger charge is -2.11. The lowest BCUT2D eigenvalue weighted by Crippen LogP contribution is -2.11. The Morgan fingerprint density at radius 2 is 2.19 bits per heavy atom. The summed E-state index contributed by atoms with van der Waals surface area (Å²) in [5.41, 5.74) is 6.79. The van der Waals surface area contributed by atoms with Crippen LogP contribution in [0.4, 0.5) is 5.69 Å². The molecule has 0 amide bonds. The molecule has 2 N–H and O–H groups in total. The summed E-state index contributed by atoms with van der Waals surface area (Å²) in [6.07, 6.45) is 1.32. The minimum absolute atomic E-state index is 0.00145. The lowest BCUT2D eigenvalue weighted by molar-refractivity contribution is 0.0527. The number of ether oxygens (including phenoxy) is 1. The second-order valence-electron chi connectivity index (χ2n) is 3.99. The Morgan fingerprint density at radius 3 is 2.81 bits per heavy atom. The number of carbonyl (C=O) groups is 1. The van der Waals surface area contributed by atoms with Crippen LogP contribution in [0.15, 0.2) is 24.5 Å². The number of hydrogen-bond acceptors (Lipinski definition) is 6. The van der Waals surface area contributed by atoms with E-state index >= 15 is 0 Å². The number of aromatic nitrogens is 2. The van der Waals surface area contributed by atoms with Crippen molar-refractivity contribution in [1.29, 1.82) is 10.5 Å². The van der Waals surface area contributed by atoms with E-state index in [1.165, 1.54) is 17.0 Å². The number of esters is 1. The fourth-order valence-corrected chi connectivity index (χ4v) is 1.87. The van der Waals surface area contributed by atoms with Gasteiger partial charge in [-0.25, -0.2) is 9.78 Å². The molecule has 1 aromatic carbocycles. The zero-order valence-electron chi connectivity index (χ0n) is 11.2. The molecular weight excluding hydrogens is 270 g/mol. The molecule has 1 aromatic heterocycles. The summed E-state index contributed by atoms with van der Waals surface area (Å²) in [6, 6.07) is 8.50. The summed E-state index contributed by atoms with van der Waals surface area (Å²) in [4.78, 5) is 15.7. The second kappa shape index (κ2) is 5.76. The summed E-state index contributed by atoms with van der Waals surface area (Å²) >= 11 is 0. The molecule has 0 fully saturated rings. The van der Waals surface area contributed by atoms with Gasteiger partial charge in [-0.1, -0.05) is 6.07 Å². The fraction of sp³-hybridized carbons (Fsp3) is 0.143. The average molecular weight is 281 g/mol. The van der Waals surface area contributed by atoms with E-state index in [4.69, 9.17) is 21.0 Å². The van der Waals surface area contributed by atoms with Crippen LogP contribution in [0.3, 0.4) is 0 Å². The molecule has 104 valence electrons. The Morgan fingerprint density at radius 1 is 1.43 bits per heavy atom. The SMILES string of the molecule is CCOC(=O)c1cccc(-n2cnc(C#N)c2C#N)c1N. The van der Waals surface area contributed by atoms with Gasteiger partial charge in [-0.3, -0.25) is 4.57 Å². The Balaban J connectivity index is 2.60. The van der Waals surface area contributed by atoms with Crippen molar-refractivity contribution < 1.29 is 9.53 Å². The molecule has 2 aromatic rings. The van der Waals surface area contributed by atoms with Crippen molar-refractivity contribution in [3.8, 4) is 17.8 Å². The number of hydrogen-bond donors (Lipinski definition) is 1. The van der Waals surface area contributed by atoms with Crippen LogP contribution in [0.25, 0.3) is 5.69 Å². The predicted molar refractivity (Wildman–Crippen MR) is 73.4 cm³/mol. The zero-order valence-corrected chi connectivity index (χ0v) is 11.2. The minimum Gasteiger partial charge on any atom is -0.462 e. The van der Waals surface area contributed by atoms with Gasteiger partial charge in [0.05, 0.1) is 23.5 Å². The molecule has 0 aliphatic heterocycles. The third-order valence-corrected chi connectivity index (χ3v) is 2.82. The maximum absolute atomic E-state index is 11.8. The molecule has 7 heteroatoms. The van der Waals surface area contributed by atoms with Crippen LogP contribution in [0, 0.1) is 22.7 Å². The van der Waals surface area contributed by atoms with E-state index in [2.05, 4.69) is 4.98 Å². The van der Waals surface area contributed by atoms with Crippen LogP contribution >= 0.6 is 0 Å². The average Bonchev–Trinajstić information content (AvgIpc) is 2.90. The van der Waals surface area contributed by atoms with Crippen LogP contribution < -0.4 is 5.73 Å². The molecule has 0 bridgehead atoms. The first-order chi connectivity index (χ1) is 10.1. The van der Waals surface area contributed by atoms with Crippen molar-refractivity contribution in [3.05, 3.63) is 41.5 Å². The molecule has 7 nitrogen and oxygen atoms in total. The number of rotatable bonds is 3. The molecule has 0 aliphatic rings. The number of carbonyl (C=O) groups excluding carboxylic acids is 1. The van der Waals surface area contributed by atoms with Gasteiger partial charge in [0.2, 0.25) is 0 Å². The molecule has 1 heterocycles. The first kappa shape index (κ1) is 14.1. The molecule has 21 heavy (non-hydrogen) atoms. The minimum atomic E-state index is -0.545. The van der Waals surface area contributed by atoms with E-state index in [9.17, 15) is 4.79 Å². The van der Waals surface area contributed by atoms with Crippen molar-refractivity contribution in [2.75, 3.05) is 12.3 Å². The topological polar surface area (TPSA) is 118 Å². The van der Waals surface area contributed by atoms with Crippen molar-refractivity contribution in [2.24, 2.45) is 0 Å². The van der Waals surface area contributed by atoms with Gasteiger partial charge < -0.3 is 10.5 Å². The molecule has 0 saturated carbocycles. The highest BCUT2D eigenvalue weighted by Gasteiger charge is 2.18. The third-order valence-electron chi connectivity index (χ3n) is 2.82. The summed E-state index contributed by atoms with van der Waals surface area (Å²) < 4.78 is 6.29. The largest absolute Gasteiger partial charge is 0.462 e. The summed E-state index contributed by atoms with van der Waals surface area (Å²) in [5.74, 6) is -0.545. The van der Waals surface area contributed by atoms with E-state index in [1.807, 2.05) is 12.1 Å². The van der Waals surface area contributed by atoms with Crippen LogP contribution in [-0.4, -0.2) is 22.1 Å². The van der Waals surface area contributed by atoms with Crippen LogP contribution in [0.5, 0.6) is 0 Å². The smallest absolute Gasteiger partial charge is 0.340 e. The van der Waals surface area contributed by atoms with Crippen molar-refractivity contribution in [1.82, 2.24) is 9.55 Å². The van der Waals surface area contributed by atoms with Gasteiger partial charge in [0.15, 0.2) is 11.4 Å². The molecule has 0 saturated heterocycles. The normalized spacial score (nSPS) is 9.67. The first-order valence-electron chi connectivity index (χ1n) is 6.07. The molecule has 0 unspecified atom stereocenters. The Kier molecular flexibility index (Phi) is 3.87. The molecule has 0 radical (unpaired) electrons. The monoisotopic (exact) mass is 281 g/mol. The Labute approximate surface area is 120 Å². The molecule has 2 rings (SSSR count). The maximum Gasteiger partial charge on any atom is 0.340 e. The summed E-state index contributed by atoms with van der Waals surface area (Å²) in [6.45, 7) is 1.93. The highest BCUT2D eigenvalue weighted by atomic mass is 16.5. The van der Waals surface area contributed by atoms with Gasteiger partial charge in [0, 0.05) is 0 Å². The third kappa shape index (κ3) is 2.40. The van der Waals surface area contributed by atoms with Gasteiger partial charge in [0.1, 0.15) is 18.5 Å². The maximum atomic E-state index is 11.8. The summed E-state index contributed by atoms with van der Waals surface area (Å²) in [5, 5.41) is 18.0. The lowest BCUT2D eigenvalue weighted by atomic mass is 10.1. The van der Waals surface area contributed by atoms with E-state index < -0.39 is 5.97 Å². The van der Waals surface area contributed by atoms with Crippen LogP contribution in [0.1, 0.15) is 28.7 Å². The fourth-order valence-electron chi connectivity index (χ4n) is 1.87. The Hall–Kier alpha value is -3.32. The predicted octanol–water partition coefficient (Wildman–Crippen LogP) is 1.37. The first-order valence-corrected chi connectivity index (χ1v) is 6.07. The van der Waals surface area contributed by atoms with Gasteiger partial charge in [-0.05, 0) is 19.1 Å². The molecule has 0 atom stereocenters. The second-order valence-corrected chi connectivity index (χ2v) is 3.99. The van der Waals surface area contributed by atoms with E-state index in [1.54, 1.807) is 19.1 Å². The highest BCUT2D eigenvalue weighted by molar-refractivity contribution is 5.97. The summed E-state index contributed by atoms with van der Waals surface area (Å²) in [7, 11) is 0. The number of para-hydroxylation sites is 1. The quantitative estimate of drug-likeness (QED) is 0.670. The zero-order chi connectivity index (χ0) is 15.4. The number of imidazole rings is 1.